The Morgan fingerprint density at radius 3 is 2.15 bits per heavy atom. The van der Waals surface area contributed by atoms with Gasteiger partial charge in [0.05, 0.1) is 18.0 Å². The normalized spacial score (nSPS) is 12.1. The van der Waals surface area contributed by atoms with E-state index in [0.29, 0.717) is 29.0 Å². The molecule has 0 aliphatic rings. The molecule has 0 bridgehead atoms. The molecular weight excluding hydrogens is 640 g/mol. The first-order valence-electron chi connectivity index (χ1n) is 15.4. The zero-order valence-electron chi connectivity index (χ0n) is 27.1. The summed E-state index contributed by atoms with van der Waals surface area (Å²) in [6.07, 6.45) is 0.472. The monoisotopic (exact) mass is 679 g/mol. The van der Waals surface area contributed by atoms with E-state index in [4.69, 9.17) is 0 Å². The van der Waals surface area contributed by atoms with Crippen molar-refractivity contribution in [1.29, 1.82) is 0 Å². The van der Waals surface area contributed by atoms with E-state index >= 15 is 0 Å². The predicted molar refractivity (Wildman–Crippen MR) is 189 cm³/mol. The third-order valence-corrected chi connectivity index (χ3v) is 9.35. The number of rotatable bonds is 11. The second-order valence-electron chi connectivity index (χ2n) is 12.4. The molecule has 1 unspecified atom stereocenters. The van der Waals surface area contributed by atoms with Crippen LogP contribution >= 0.6 is 23.7 Å². The van der Waals surface area contributed by atoms with Crippen LogP contribution in [-0.4, -0.2) is 27.5 Å². The van der Waals surface area contributed by atoms with Crippen molar-refractivity contribution < 1.29 is 18.7 Å². The molecule has 0 fully saturated rings. The topological polar surface area (TPSA) is 74.6 Å². The van der Waals surface area contributed by atoms with Crippen LogP contribution in [-0.2, 0) is 24.4 Å². The van der Waals surface area contributed by atoms with Gasteiger partial charge in [0.2, 0.25) is 5.91 Å². The van der Waals surface area contributed by atoms with Gasteiger partial charge in [-0.25, -0.2) is 8.78 Å². The first-order valence-corrected chi connectivity index (χ1v) is 16.2. The number of amides is 1. The highest BCUT2D eigenvalue weighted by atomic mass is 35.5. The molecule has 6 nitrogen and oxygen atoms in total. The molecule has 5 aromatic rings. The highest BCUT2D eigenvalue weighted by molar-refractivity contribution is 7.22. The Kier molecular flexibility index (Phi) is 11.7. The molecule has 3 aromatic carbocycles. The number of fused-ring (bicyclic) bond motifs is 1. The summed E-state index contributed by atoms with van der Waals surface area (Å²) in [7, 11) is 1.98. The first-order chi connectivity index (χ1) is 21.9. The average Bonchev–Trinajstić information content (AvgIpc) is 3.40. The number of aliphatic hydroxyl groups is 1. The van der Waals surface area contributed by atoms with Crippen LogP contribution in [0.1, 0.15) is 56.1 Å². The standard InChI is InChI=1S/C37H39F2N3O3S.ClH/c1-22(2)33(43)29-21-42(20-27-30(38)12-9-13-31(27)39)37-32(34(29)44)28(19-41(5)18-24-10-7-6-8-11-24)35(46-37)25-14-16-26(17-15-25)40-36(45)23(3)4;/h6-17,21-23,33,43H,18-20H2,1-5H3,(H,40,45);1H. The van der Waals surface area contributed by atoms with Gasteiger partial charge >= 0.3 is 0 Å². The molecule has 47 heavy (non-hydrogen) atoms. The quantitative estimate of drug-likeness (QED) is 0.147. The van der Waals surface area contributed by atoms with E-state index in [2.05, 4.69) is 10.2 Å². The number of aromatic nitrogens is 1. The zero-order valence-corrected chi connectivity index (χ0v) is 28.7. The summed E-state index contributed by atoms with van der Waals surface area (Å²) in [5.74, 6) is -1.89. The largest absolute Gasteiger partial charge is 0.388 e. The summed E-state index contributed by atoms with van der Waals surface area (Å²) >= 11 is 1.37. The number of pyridine rings is 1. The van der Waals surface area contributed by atoms with Crippen molar-refractivity contribution in [2.75, 3.05) is 12.4 Å². The summed E-state index contributed by atoms with van der Waals surface area (Å²) in [5, 5.41) is 14.5. The van der Waals surface area contributed by atoms with Gasteiger partial charge < -0.3 is 15.0 Å². The molecule has 2 N–H and O–H groups in total. The molecule has 0 aliphatic heterocycles. The van der Waals surface area contributed by atoms with E-state index in [1.165, 1.54) is 29.5 Å². The average molecular weight is 680 g/mol. The van der Waals surface area contributed by atoms with Crippen molar-refractivity contribution >= 4 is 45.6 Å². The number of anilines is 1. The van der Waals surface area contributed by atoms with Crippen LogP contribution in [0.3, 0.4) is 0 Å². The Hall–Kier alpha value is -3.89. The minimum Gasteiger partial charge on any atom is -0.388 e. The molecule has 248 valence electrons. The second kappa shape index (κ2) is 15.3. The summed E-state index contributed by atoms with van der Waals surface area (Å²) in [4.78, 5) is 30.1. The number of halogens is 3. The number of carbonyl (C=O) groups is 1. The first kappa shape index (κ1) is 36.0. The van der Waals surface area contributed by atoms with Crippen LogP contribution in [0.25, 0.3) is 20.7 Å². The van der Waals surface area contributed by atoms with Crippen molar-refractivity contribution in [1.82, 2.24) is 9.47 Å². The highest BCUT2D eigenvalue weighted by Gasteiger charge is 2.26. The Morgan fingerprint density at radius 1 is 0.915 bits per heavy atom. The second-order valence-corrected chi connectivity index (χ2v) is 13.4. The SMILES string of the molecule is CC(C)C(=O)Nc1ccc(-c2sc3c(c2CN(C)Cc2ccccc2)c(=O)c(C(O)C(C)C)cn3Cc2c(F)cccc2F)cc1.Cl. The Balaban J connectivity index is 0.00000500. The minimum absolute atomic E-state index is 0. The van der Waals surface area contributed by atoms with E-state index in [-0.39, 0.29) is 53.3 Å². The summed E-state index contributed by atoms with van der Waals surface area (Å²) < 4.78 is 31.5. The smallest absolute Gasteiger partial charge is 0.226 e. The number of hydrogen-bond donors (Lipinski definition) is 2. The third-order valence-electron chi connectivity index (χ3n) is 8.04. The van der Waals surface area contributed by atoms with Gasteiger partial charge in [0, 0.05) is 46.9 Å². The van der Waals surface area contributed by atoms with Gasteiger partial charge in [-0.2, -0.15) is 0 Å². The predicted octanol–water partition coefficient (Wildman–Crippen LogP) is 8.39. The van der Waals surface area contributed by atoms with Gasteiger partial charge in [0.1, 0.15) is 16.5 Å². The summed E-state index contributed by atoms with van der Waals surface area (Å²) in [6.45, 7) is 8.16. The van der Waals surface area contributed by atoms with Gasteiger partial charge in [0.15, 0.2) is 5.43 Å². The molecule has 10 heteroatoms. The lowest BCUT2D eigenvalue weighted by Gasteiger charge is -2.20. The maximum absolute atomic E-state index is 14.9. The van der Waals surface area contributed by atoms with E-state index in [9.17, 15) is 23.5 Å². The number of benzene rings is 3. The number of thiophene rings is 1. The van der Waals surface area contributed by atoms with E-state index in [0.717, 1.165) is 21.6 Å². The number of nitrogens with one attached hydrogen (secondary N) is 1. The van der Waals surface area contributed by atoms with Crippen molar-refractivity contribution in [2.45, 2.75) is 53.4 Å². The molecule has 1 atom stereocenters. The van der Waals surface area contributed by atoms with Crippen molar-refractivity contribution in [3.63, 3.8) is 0 Å². The lowest BCUT2D eigenvalue weighted by atomic mass is 9.97. The fraction of sp³-hybridized carbons (Fsp3) is 0.297. The maximum atomic E-state index is 14.9. The van der Waals surface area contributed by atoms with Crippen LogP contribution in [0.15, 0.2) is 83.8 Å². The number of carbonyl (C=O) groups excluding carboxylic acids is 1. The number of nitrogens with zero attached hydrogens (tertiary/aromatic N) is 2. The van der Waals surface area contributed by atoms with Gasteiger partial charge in [-0.1, -0.05) is 76.2 Å². The Labute approximate surface area is 284 Å². The van der Waals surface area contributed by atoms with Gasteiger partial charge in [0.25, 0.3) is 0 Å². The van der Waals surface area contributed by atoms with Crippen molar-refractivity contribution in [2.24, 2.45) is 11.8 Å². The molecule has 0 saturated carbocycles. The van der Waals surface area contributed by atoms with Crippen molar-refractivity contribution in [3.8, 4) is 10.4 Å². The van der Waals surface area contributed by atoms with E-state index in [1.807, 2.05) is 89.3 Å². The minimum atomic E-state index is -1.07. The summed E-state index contributed by atoms with van der Waals surface area (Å²) in [5.41, 5.74) is 3.13. The van der Waals surface area contributed by atoms with Crippen LogP contribution in [0, 0.1) is 23.5 Å². The van der Waals surface area contributed by atoms with Gasteiger partial charge in [-0.15, -0.1) is 23.7 Å². The summed E-state index contributed by atoms with van der Waals surface area (Å²) in [6, 6.07) is 21.2. The number of aliphatic hydroxyl groups excluding tert-OH is 1. The third kappa shape index (κ3) is 7.99. The zero-order chi connectivity index (χ0) is 33.1. The lowest BCUT2D eigenvalue weighted by molar-refractivity contribution is -0.118. The molecule has 2 aromatic heterocycles. The van der Waals surface area contributed by atoms with Crippen LogP contribution < -0.4 is 10.7 Å². The van der Waals surface area contributed by atoms with Crippen LogP contribution in [0.2, 0.25) is 0 Å². The molecule has 0 radical (unpaired) electrons. The Morgan fingerprint density at radius 2 is 1.55 bits per heavy atom. The van der Waals surface area contributed by atoms with E-state index < -0.39 is 17.7 Å². The molecule has 0 spiro atoms. The van der Waals surface area contributed by atoms with E-state index in [1.54, 1.807) is 10.8 Å². The fourth-order valence-corrected chi connectivity index (χ4v) is 6.74. The maximum Gasteiger partial charge on any atom is 0.226 e. The van der Waals surface area contributed by atoms with Crippen LogP contribution in [0.4, 0.5) is 14.5 Å². The Bertz CT molecular complexity index is 1890. The number of hydrogen-bond acceptors (Lipinski definition) is 5. The van der Waals surface area contributed by atoms with Crippen LogP contribution in [0.5, 0.6) is 0 Å². The molecule has 1 amide bonds. The van der Waals surface area contributed by atoms with Gasteiger partial charge in [-0.3, -0.25) is 14.5 Å². The lowest BCUT2D eigenvalue weighted by Crippen LogP contribution is -2.23. The molecule has 2 heterocycles. The molecule has 5 rings (SSSR count). The molecule has 0 saturated heterocycles. The van der Waals surface area contributed by atoms with Crippen molar-refractivity contribution in [3.05, 3.63) is 123 Å². The highest BCUT2D eigenvalue weighted by Crippen LogP contribution is 2.40. The molecule has 0 aliphatic carbocycles. The van der Waals surface area contributed by atoms with Gasteiger partial charge in [-0.05, 0) is 53.9 Å². The fourth-order valence-electron chi connectivity index (χ4n) is 5.46. The molecular formula is C37H40ClF2N3O3S.